The van der Waals surface area contributed by atoms with Gasteiger partial charge in [0, 0.05) is 13.0 Å². The molecule has 0 spiro atoms. The second-order valence-corrected chi connectivity index (χ2v) is 5.05. The Kier molecular flexibility index (Phi) is 3.97. The molecule has 1 unspecified atom stereocenters. The molecule has 1 atom stereocenters. The third-order valence-corrected chi connectivity index (χ3v) is 3.53. The fourth-order valence-electron chi connectivity index (χ4n) is 2.42. The van der Waals surface area contributed by atoms with E-state index >= 15 is 0 Å². The lowest BCUT2D eigenvalue weighted by Crippen LogP contribution is -2.20. The number of aromatic nitrogens is 2. The molecule has 0 amide bonds. The minimum Gasteiger partial charge on any atom is -0.493 e. The summed E-state index contributed by atoms with van der Waals surface area (Å²) < 4.78 is 11.0. The van der Waals surface area contributed by atoms with Crippen LogP contribution in [0, 0.1) is 0 Å². The molecule has 0 aliphatic carbocycles. The van der Waals surface area contributed by atoms with E-state index < -0.39 is 0 Å². The van der Waals surface area contributed by atoms with E-state index in [-0.39, 0.29) is 12.5 Å². The van der Waals surface area contributed by atoms with Gasteiger partial charge in [-0.1, -0.05) is 23.4 Å². The summed E-state index contributed by atoms with van der Waals surface area (Å²) in [4.78, 5) is 4.44. The zero-order chi connectivity index (χ0) is 13.8. The van der Waals surface area contributed by atoms with E-state index in [9.17, 15) is 0 Å². The SMILES string of the molecule is OCCCCc1nc(C2COc3ccccc3C2)no1. The zero-order valence-electron chi connectivity index (χ0n) is 11.3. The van der Waals surface area contributed by atoms with Crippen molar-refractivity contribution in [3.8, 4) is 5.75 Å². The van der Waals surface area contributed by atoms with Crippen molar-refractivity contribution >= 4 is 0 Å². The predicted octanol–water partition coefficient (Wildman–Crippen LogP) is 2.10. The number of para-hydroxylation sites is 1. The summed E-state index contributed by atoms with van der Waals surface area (Å²) in [5.41, 5.74) is 1.19. The molecular weight excluding hydrogens is 256 g/mol. The fourth-order valence-corrected chi connectivity index (χ4v) is 2.42. The van der Waals surface area contributed by atoms with Crippen LogP contribution in [0.4, 0.5) is 0 Å². The van der Waals surface area contributed by atoms with Crippen molar-refractivity contribution in [2.75, 3.05) is 13.2 Å². The van der Waals surface area contributed by atoms with Gasteiger partial charge in [-0.25, -0.2) is 0 Å². The molecule has 106 valence electrons. The topological polar surface area (TPSA) is 68.4 Å². The number of ether oxygens (including phenoxy) is 1. The van der Waals surface area contributed by atoms with Gasteiger partial charge in [0.15, 0.2) is 5.82 Å². The number of unbranched alkanes of at least 4 members (excludes halogenated alkanes) is 1. The zero-order valence-corrected chi connectivity index (χ0v) is 11.3. The van der Waals surface area contributed by atoms with Crippen LogP contribution in [0.15, 0.2) is 28.8 Å². The van der Waals surface area contributed by atoms with E-state index in [0.717, 1.165) is 37.3 Å². The monoisotopic (exact) mass is 274 g/mol. The van der Waals surface area contributed by atoms with Crippen molar-refractivity contribution in [2.24, 2.45) is 0 Å². The maximum Gasteiger partial charge on any atom is 0.226 e. The summed E-state index contributed by atoms with van der Waals surface area (Å²) in [6.45, 7) is 0.793. The van der Waals surface area contributed by atoms with Crippen LogP contribution in [-0.2, 0) is 12.8 Å². The first-order valence-corrected chi connectivity index (χ1v) is 7.01. The molecule has 0 saturated heterocycles. The summed E-state index contributed by atoms with van der Waals surface area (Å²) in [6.07, 6.45) is 3.23. The highest BCUT2D eigenvalue weighted by Crippen LogP contribution is 2.30. The van der Waals surface area contributed by atoms with Gasteiger partial charge in [0.25, 0.3) is 0 Å². The maximum absolute atomic E-state index is 8.76. The van der Waals surface area contributed by atoms with Crippen LogP contribution in [-0.4, -0.2) is 28.5 Å². The van der Waals surface area contributed by atoms with Crippen LogP contribution >= 0.6 is 0 Å². The van der Waals surface area contributed by atoms with Gasteiger partial charge in [0.1, 0.15) is 5.75 Å². The summed E-state index contributed by atoms with van der Waals surface area (Å²) in [5, 5.41) is 12.8. The highest BCUT2D eigenvalue weighted by atomic mass is 16.5. The van der Waals surface area contributed by atoms with E-state index in [1.165, 1.54) is 5.56 Å². The molecule has 3 rings (SSSR count). The molecule has 0 saturated carbocycles. The molecule has 2 heterocycles. The standard InChI is InChI=1S/C15H18N2O3/c18-8-4-3-7-14-16-15(17-20-14)12-9-11-5-1-2-6-13(11)19-10-12/h1-2,5-6,12,18H,3-4,7-10H2. The van der Waals surface area contributed by atoms with Crippen molar-refractivity contribution in [2.45, 2.75) is 31.6 Å². The van der Waals surface area contributed by atoms with Crippen LogP contribution in [0.1, 0.15) is 36.0 Å². The summed E-state index contributed by atoms with van der Waals surface area (Å²) >= 11 is 0. The first kappa shape index (κ1) is 13.1. The van der Waals surface area contributed by atoms with Gasteiger partial charge in [-0.15, -0.1) is 0 Å². The maximum atomic E-state index is 8.76. The number of aliphatic hydroxyl groups excluding tert-OH is 1. The van der Waals surface area contributed by atoms with Crippen molar-refractivity contribution in [1.82, 2.24) is 10.1 Å². The Hall–Kier alpha value is -1.88. The second kappa shape index (κ2) is 6.05. The first-order chi connectivity index (χ1) is 9.86. The van der Waals surface area contributed by atoms with E-state index in [1.54, 1.807) is 0 Å². The van der Waals surface area contributed by atoms with Crippen molar-refractivity contribution < 1.29 is 14.4 Å². The number of benzene rings is 1. The lowest BCUT2D eigenvalue weighted by atomic mass is 9.96. The Labute approximate surface area is 117 Å². The fraction of sp³-hybridized carbons (Fsp3) is 0.467. The van der Waals surface area contributed by atoms with Crippen LogP contribution in [0.25, 0.3) is 0 Å². The lowest BCUT2D eigenvalue weighted by molar-refractivity contribution is 0.253. The number of nitrogens with zero attached hydrogens (tertiary/aromatic N) is 2. The Balaban J connectivity index is 1.66. The molecule has 20 heavy (non-hydrogen) atoms. The van der Waals surface area contributed by atoms with Crippen molar-refractivity contribution in [3.05, 3.63) is 41.5 Å². The Bertz CT molecular complexity index is 568. The van der Waals surface area contributed by atoms with Crippen LogP contribution in [0.2, 0.25) is 0 Å². The number of rotatable bonds is 5. The average Bonchev–Trinajstić information content (AvgIpc) is 2.96. The van der Waals surface area contributed by atoms with Gasteiger partial charge >= 0.3 is 0 Å². The number of fused-ring (bicyclic) bond motifs is 1. The minimum atomic E-state index is 0.153. The minimum absolute atomic E-state index is 0.153. The largest absolute Gasteiger partial charge is 0.493 e. The van der Waals surface area contributed by atoms with E-state index in [0.29, 0.717) is 12.5 Å². The molecule has 5 nitrogen and oxygen atoms in total. The van der Waals surface area contributed by atoms with E-state index in [2.05, 4.69) is 16.2 Å². The van der Waals surface area contributed by atoms with Crippen LogP contribution in [0.5, 0.6) is 5.75 Å². The third kappa shape index (κ3) is 2.82. The average molecular weight is 274 g/mol. The Morgan fingerprint density at radius 2 is 2.15 bits per heavy atom. The third-order valence-electron chi connectivity index (χ3n) is 3.53. The first-order valence-electron chi connectivity index (χ1n) is 7.01. The molecule has 0 bridgehead atoms. The smallest absolute Gasteiger partial charge is 0.226 e. The highest BCUT2D eigenvalue weighted by molar-refractivity contribution is 5.36. The molecule has 1 N–H and O–H groups in total. The molecule has 2 aromatic rings. The Morgan fingerprint density at radius 1 is 1.25 bits per heavy atom. The molecule has 5 heteroatoms. The predicted molar refractivity (Wildman–Crippen MR) is 72.7 cm³/mol. The van der Waals surface area contributed by atoms with Gasteiger partial charge in [0.05, 0.1) is 12.5 Å². The number of aryl methyl sites for hydroxylation is 1. The molecule has 1 aromatic carbocycles. The van der Waals surface area contributed by atoms with E-state index in [4.69, 9.17) is 14.4 Å². The lowest BCUT2D eigenvalue weighted by Gasteiger charge is -2.22. The molecule has 1 aromatic heterocycles. The second-order valence-electron chi connectivity index (χ2n) is 5.05. The summed E-state index contributed by atoms with van der Waals surface area (Å²) in [5.74, 6) is 2.47. The number of hydrogen-bond acceptors (Lipinski definition) is 5. The molecule has 0 fully saturated rings. The molecule has 1 aliphatic rings. The number of hydrogen-bond donors (Lipinski definition) is 1. The van der Waals surface area contributed by atoms with Gasteiger partial charge in [-0.05, 0) is 30.9 Å². The van der Waals surface area contributed by atoms with Gasteiger partial charge < -0.3 is 14.4 Å². The quantitative estimate of drug-likeness (QED) is 0.846. The highest BCUT2D eigenvalue weighted by Gasteiger charge is 2.25. The summed E-state index contributed by atoms with van der Waals surface area (Å²) in [6, 6.07) is 8.06. The normalized spacial score (nSPS) is 17.6. The molecule has 1 aliphatic heterocycles. The molecule has 0 radical (unpaired) electrons. The van der Waals surface area contributed by atoms with Crippen LogP contribution < -0.4 is 4.74 Å². The van der Waals surface area contributed by atoms with Crippen molar-refractivity contribution in [3.63, 3.8) is 0 Å². The summed E-state index contributed by atoms with van der Waals surface area (Å²) in [7, 11) is 0. The van der Waals surface area contributed by atoms with Gasteiger partial charge in [-0.3, -0.25) is 0 Å². The van der Waals surface area contributed by atoms with E-state index in [1.807, 2.05) is 18.2 Å². The van der Waals surface area contributed by atoms with Crippen LogP contribution in [0.3, 0.4) is 0 Å². The van der Waals surface area contributed by atoms with Gasteiger partial charge in [0.2, 0.25) is 5.89 Å². The molecular formula is C15H18N2O3. The number of aliphatic hydroxyl groups is 1. The van der Waals surface area contributed by atoms with Gasteiger partial charge in [-0.2, -0.15) is 4.98 Å². The Morgan fingerprint density at radius 3 is 3.05 bits per heavy atom. The van der Waals surface area contributed by atoms with Crippen molar-refractivity contribution in [1.29, 1.82) is 0 Å².